The van der Waals surface area contributed by atoms with Crippen LogP contribution in [0.1, 0.15) is 11.1 Å². The highest BCUT2D eigenvalue weighted by molar-refractivity contribution is 7.96. The molecule has 0 bridgehead atoms. The van der Waals surface area contributed by atoms with E-state index in [0.29, 0.717) is 17.2 Å². The average Bonchev–Trinajstić information content (AvgIpc) is 3.32. The first kappa shape index (κ1) is 30.7. The molecule has 3 aromatic rings. The first-order chi connectivity index (χ1) is 19.8. The van der Waals surface area contributed by atoms with Crippen LogP contribution in [-0.4, -0.2) is 57.6 Å². The Balaban J connectivity index is 1.90. The highest BCUT2D eigenvalue weighted by atomic mass is 32.2. The van der Waals surface area contributed by atoms with Crippen LogP contribution in [0.3, 0.4) is 0 Å². The van der Waals surface area contributed by atoms with E-state index in [-0.39, 0.29) is 0 Å². The molecule has 0 radical (unpaired) electrons. The second-order valence-electron chi connectivity index (χ2n) is 9.26. The van der Waals surface area contributed by atoms with Gasteiger partial charge in [0.15, 0.2) is 4.75 Å². The number of benzene rings is 3. The number of fused-ring (bicyclic) bond motifs is 1. The SMILES string of the molecule is O=S(=O)(O)C1=C(S(=O)(=O)O)C(c2ccccc2)(S(=O)(=O)O)C=C2OC(c3ccc(-c4ccccc4)cc3)(S(=O)(=O)O)N=C21. The Kier molecular flexibility index (Phi) is 7.06. The monoisotopic (exact) mass is 669 g/mol. The first-order valence-electron chi connectivity index (χ1n) is 11.7. The average molecular weight is 670 g/mol. The zero-order valence-corrected chi connectivity index (χ0v) is 24.5. The molecule has 0 aromatic heterocycles. The van der Waals surface area contributed by atoms with Gasteiger partial charge in [-0.25, -0.2) is 4.99 Å². The normalized spacial score (nSPS) is 22.8. The van der Waals surface area contributed by atoms with Gasteiger partial charge in [-0.3, -0.25) is 18.2 Å². The summed E-state index contributed by atoms with van der Waals surface area (Å²) >= 11 is 0. The summed E-state index contributed by atoms with van der Waals surface area (Å²) in [5, 5.41) is -3.27. The fourth-order valence-electron chi connectivity index (χ4n) is 4.88. The van der Waals surface area contributed by atoms with Crippen LogP contribution in [0.5, 0.6) is 0 Å². The number of rotatable bonds is 7. The molecule has 14 nitrogen and oxygen atoms in total. The highest BCUT2D eigenvalue weighted by Gasteiger charge is 2.63. The van der Waals surface area contributed by atoms with Crippen molar-refractivity contribution in [1.29, 1.82) is 0 Å². The molecule has 2 aliphatic rings. The van der Waals surface area contributed by atoms with Gasteiger partial charge < -0.3 is 4.74 Å². The van der Waals surface area contributed by atoms with Gasteiger partial charge in [-0.1, -0.05) is 84.9 Å². The largest absolute Gasteiger partial charge is 0.445 e. The van der Waals surface area contributed by atoms with Gasteiger partial charge in [-0.15, -0.1) is 0 Å². The zero-order valence-electron chi connectivity index (χ0n) is 21.2. The maximum Gasteiger partial charge on any atom is 0.356 e. The fourth-order valence-corrected chi connectivity index (χ4v) is 9.75. The third-order valence-electron chi connectivity index (χ3n) is 6.67. The Labute approximate surface area is 245 Å². The predicted molar refractivity (Wildman–Crippen MR) is 151 cm³/mol. The van der Waals surface area contributed by atoms with E-state index in [1.54, 1.807) is 30.3 Å². The van der Waals surface area contributed by atoms with Crippen molar-refractivity contribution in [2.24, 2.45) is 4.99 Å². The van der Waals surface area contributed by atoms with Crippen LogP contribution in [0.25, 0.3) is 11.1 Å². The lowest BCUT2D eigenvalue weighted by Gasteiger charge is -2.33. The molecule has 0 fully saturated rings. The van der Waals surface area contributed by atoms with Gasteiger partial charge in [-0.05, 0) is 22.8 Å². The lowest BCUT2D eigenvalue weighted by Crippen LogP contribution is -2.44. The van der Waals surface area contributed by atoms with Crippen molar-refractivity contribution in [2.75, 3.05) is 0 Å². The third-order valence-corrected chi connectivity index (χ3v) is 11.4. The molecule has 226 valence electrons. The number of hydrogen-bond acceptors (Lipinski definition) is 10. The molecule has 43 heavy (non-hydrogen) atoms. The van der Waals surface area contributed by atoms with E-state index in [0.717, 1.165) is 24.3 Å². The molecule has 18 heteroatoms. The van der Waals surface area contributed by atoms with Crippen molar-refractivity contribution in [1.82, 2.24) is 0 Å². The fraction of sp³-hybridized carbons (Fsp3) is 0.0800. The highest BCUT2D eigenvalue weighted by Crippen LogP contribution is 2.52. The summed E-state index contributed by atoms with van der Waals surface area (Å²) in [6.07, 6.45) is 0.305. The van der Waals surface area contributed by atoms with Crippen LogP contribution in [0.4, 0.5) is 0 Å². The Morgan fingerprint density at radius 2 is 1.09 bits per heavy atom. The molecular formula is C25H19NO13S4. The third kappa shape index (κ3) is 4.90. The van der Waals surface area contributed by atoms with Crippen molar-refractivity contribution in [2.45, 2.75) is 9.80 Å². The Morgan fingerprint density at radius 1 is 0.581 bits per heavy atom. The van der Waals surface area contributed by atoms with E-state index >= 15 is 0 Å². The van der Waals surface area contributed by atoms with Gasteiger partial charge in [0.1, 0.15) is 21.3 Å². The van der Waals surface area contributed by atoms with E-state index in [1.807, 2.05) is 0 Å². The topological polar surface area (TPSA) is 239 Å². The van der Waals surface area contributed by atoms with Gasteiger partial charge >= 0.3 is 15.2 Å². The quantitative estimate of drug-likeness (QED) is 0.265. The minimum absolute atomic E-state index is 0.305. The molecule has 2 atom stereocenters. The second-order valence-corrected chi connectivity index (χ2v) is 15.1. The van der Waals surface area contributed by atoms with Crippen LogP contribution in [-0.2, 0) is 55.0 Å². The molecule has 0 saturated heterocycles. The first-order valence-corrected chi connectivity index (χ1v) is 17.5. The van der Waals surface area contributed by atoms with E-state index in [2.05, 4.69) is 4.99 Å². The van der Waals surface area contributed by atoms with Crippen LogP contribution in [0.15, 0.2) is 112 Å². The van der Waals surface area contributed by atoms with Gasteiger partial charge in [0.25, 0.3) is 30.4 Å². The van der Waals surface area contributed by atoms with E-state index < -0.39 is 82.7 Å². The number of nitrogens with zero attached hydrogens (tertiary/aromatic N) is 1. The van der Waals surface area contributed by atoms with Crippen molar-refractivity contribution in [3.63, 3.8) is 0 Å². The smallest absolute Gasteiger partial charge is 0.356 e. The summed E-state index contributed by atoms with van der Waals surface area (Å²) in [7, 11) is -23.4. The summed E-state index contributed by atoms with van der Waals surface area (Å²) in [5.41, 5.74) is -1.16. The molecule has 2 unspecified atom stereocenters. The van der Waals surface area contributed by atoms with Crippen molar-refractivity contribution < 1.29 is 56.6 Å². The van der Waals surface area contributed by atoms with Gasteiger partial charge in [-0.2, -0.15) is 33.7 Å². The Morgan fingerprint density at radius 3 is 1.56 bits per heavy atom. The Hall–Kier alpha value is -3.75. The van der Waals surface area contributed by atoms with Gasteiger partial charge in [0.2, 0.25) is 0 Å². The lowest BCUT2D eigenvalue weighted by atomic mass is 9.91. The number of allylic oxidation sites excluding steroid dienone is 1. The molecule has 1 heterocycles. The van der Waals surface area contributed by atoms with Crippen molar-refractivity contribution in [3.05, 3.63) is 118 Å². The molecule has 0 saturated carbocycles. The molecule has 1 aliphatic carbocycles. The molecule has 1 aliphatic heterocycles. The molecule has 3 aromatic carbocycles. The standard InChI is InChI=1S/C25H19NO13S4/c27-40(28,29)22-21-20(15-24(42(33,34)35,23(22)41(30,31)32)18-9-5-2-6-10-18)39-25(26-21,43(36,37)38)19-13-11-17(12-14-19)16-7-3-1-4-8-16/h1-15H,(H,27,28,29)(H,30,31,32)(H,33,34,35)(H,36,37,38). The number of aliphatic imine (C=N–C) groups is 1. The van der Waals surface area contributed by atoms with Crippen molar-refractivity contribution >= 4 is 46.2 Å². The summed E-state index contributed by atoms with van der Waals surface area (Å²) in [6.45, 7) is 0. The minimum Gasteiger partial charge on any atom is -0.445 e. The molecule has 5 rings (SSSR count). The maximum atomic E-state index is 13.0. The molecule has 0 spiro atoms. The van der Waals surface area contributed by atoms with Crippen molar-refractivity contribution in [3.8, 4) is 11.1 Å². The Bertz CT molecular complexity index is 2180. The van der Waals surface area contributed by atoms with E-state index in [4.69, 9.17) is 4.74 Å². The second kappa shape index (κ2) is 9.89. The molecular weight excluding hydrogens is 651 g/mol. The summed E-state index contributed by atoms with van der Waals surface area (Å²) in [6, 6.07) is 19.3. The van der Waals surface area contributed by atoms with Gasteiger partial charge in [0, 0.05) is 5.56 Å². The number of ether oxygens (including phenoxy) is 1. The zero-order chi connectivity index (χ0) is 31.6. The van der Waals surface area contributed by atoms with Gasteiger partial charge in [0.05, 0.1) is 0 Å². The maximum absolute atomic E-state index is 13.0. The van der Waals surface area contributed by atoms with Crippen LogP contribution >= 0.6 is 0 Å². The minimum atomic E-state index is -6.00. The number of hydrogen-bond donors (Lipinski definition) is 4. The predicted octanol–water partition coefficient (Wildman–Crippen LogP) is 2.49. The van der Waals surface area contributed by atoms with Crippen LogP contribution in [0.2, 0.25) is 0 Å². The van der Waals surface area contributed by atoms with E-state index in [1.165, 1.54) is 30.3 Å². The lowest BCUT2D eigenvalue weighted by molar-refractivity contribution is 0.0998. The summed E-state index contributed by atoms with van der Waals surface area (Å²) in [5.74, 6) is -1.09. The molecule has 0 amide bonds. The summed E-state index contributed by atoms with van der Waals surface area (Å²) < 4.78 is 146. The molecule has 4 N–H and O–H groups in total. The van der Waals surface area contributed by atoms with Crippen LogP contribution in [0, 0.1) is 0 Å². The van der Waals surface area contributed by atoms with E-state index in [9.17, 15) is 51.9 Å². The van der Waals surface area contributed by atoms with Crippen LogP contribution < -0.4 is 0 Å². The summed E-state index contributed by atoms with van der Waals surface area (Å²) in [4.78, 5) is -0.231.